The highest BCUT2D eigenvalue weighted by atomic mass is 16.2. The molecule has 4 heterocycles. The van der Waals surface area contributed by atoms with E-state index in [-0.39, 0.29) is 23.3 Å². The largest absolute Gasteiger partial charge is 0.339 e. The molecule has 1 spiro atoms. The fourth-order valence-electron chi connectivity index (χ4n) is 4.44. The van der Waals surface area contributed by atoms with Crippen molar-refractivity contribution in [1.29, 1.82) is 0 Å². The van der Waals surface area contributed by atoms with Crippen LogP contribution in [0.4, 0.5) is 0 Å². The maximum Gasteiger partial charge on any atom is 0.257 e. The molecule has 7 heteroatoms. The van der Waals surface area contributed by atoms with Gasteiger partial charge < -0.3 is 9.80 Å². The van der Waals surface area contributed by atoms with Crippen molar-refractivity contribution in [1.82, 2.24) is 24.6 Å². The molecule has 0 saturated carbocycles. The zero-order valence-electron chi connectivity index (χ0n) is 17.3. The van der Waals surface area contributed by atoms with Crippen LogP contribution in [0.1, 0.15) is 61.6 Å². The molecule has 0 N–H and O–H groups in total. The molecule has 0 bridgehead atoms. The number of nitrogens with zero attached hydrogens (tertiary/aromatic N) is 5. The Hall–Kier alpha value is -2.70. The molecule has 2 aliphatic rings. The van der Waals surface area contributed by atoms with Gasteiger partial charge >= 0.3 is 0 Å². The van der Waals surface area contributed by atoms with E-state index in [1.165, 1.54) is 0 Å². The van der Waals surface area contributed by atoms with Crippen molar-refractivity contribution in [3.05, 3.63) is 48.0 Å². The van der Waals surface area contributed by atoms with E-state index in [2.05, 4.69) is 10.1 Å². The Labute approximate surface area is 171 Å². The molecule has 0 atom stereocenters. The first-order valence-corrected chi connectivity index (χ1v) is 10.5. The maximum absolute atomic E-state index is 12.9. The topological polar surface area (TPSA) is 71.3 Å². The minimum absolute atomic E-state index is 0.0592. The molecule has 0 radical (unpaired) electrons. The molecule has 2 aliphatic heterocycles. The van der Waals surface area contributed by atoms with E-state index in [0.29, 0.717) is 18.5 Å². The van der Waals surface area contributed by atoms with E-state index in [1.54, 1.807) is 12.4 Å². The highest BCUT2D eigenvalue weighted by molar-refractivity contribution is 5.93. The van der Waals surface area contributed by atoms with E-state index in [0.717, 1.165) is 44.6 Å². The fraction of sp³-hybridized carbons (Fsp3) is 0.545. The molecule has 2 saturated heterocycles. The quantitative estimate of drug-likeness (QED) is 0.798. The van der Waals surface area contributed by atoms with Crippen LogP contribution in [-0.4, -0.2) is 56.0 Å². The number of hydrogen-bond acceptors (Lipinski definition) is 4. The summed E-state index contributed by atoms with van der Waals surface area (Å²) in [6.45, 7) is 6.89. The van der Waals surface area contributed by atoms with E-state index < -0.39 is 0 Å². The Kier molecular flexibility index (Phi) is 5.39. The first-order valence-electron chi connectivity index (χ1n) is 10.5. The van der Waals surface area contributed by atoms with Crippen LogP contribution in [0.5, 0.6) is 0 Å². The summed E-state index contributed by atoms with van der Waals surface area (Å²) in [6, 6.07) is 6.05. The van der Waals surface area contributed by atoms with E-state index in [4.69, 9.17) is 0 Å². The average molecular weight is 396 g/mol. The number of likely N-dealkylation sites (tertiary alicyclic amines) is 2. The van der Waals surface area contributed by atoms with Gasteiger partial charge in [0.25, 0.3) is 5.91 Å². The third kappa shape index (κ3) is 4.18. The minimum Gasteiger partial charge on any atom is -0.339 e. The van der Waals surface area contributed by atoms with Crippen LogP contribution in [0.3, 0.4) is 0 Å². The van der Waals surface area contributed by atoms with Gasteiger partial charge in [-0.3, -0.25) is 19.3 Å². The molecule has 0 aliphatic carbocycles. The summed E-state index contributed by atoms with van der Waals surface area (Å²) in [6.07, 6.45) is 8.64. The first kappa shape index (κ1) is 19.6. The Balaban J connectivity index is 1.38. The van der Waals surface area contributed by atoms with Gasteiger partial charge in [0, 0.05) is 44.5 Å². The SMILES string of the molecule is CC(C)n1cc(C(=O)N2CCC3(CCC(=O)N(Cc4ccccn4)C3)CC2)cn1. The number of aromatic nitrogens is 3. The lowest BCUT2D eigenvalue weighted by atomic mass is 9.72. The number of amides is 2. The fourth-order valence-corrected chi connectivity index (χ4v) is 4.44. The molecule has 7 nitrogen and oxygen atoms in total. The molecular formula is C22H29N5O2. The third-order valence-corrected chi connectivity index (χ3v) is 6.32. The van der Waals surface area contributed by atoms with E-state index in [9.17, 15) is 9.59 Å². The Morgan fingerprint density at radius 3 is 2.66 bits per heavy atom. The van der Waals surface area contributed by atoms with Crippen LogP contribution in [0.2, 0.25) is 0 Å². The number of carbonyl (C=O) groups is 2. The summed E-state index contributed by atoms with van der Waals surface area (Å²) in [7, 11) is 0. The van der Waals surface area contributed by atoms with Crippen molar-refractivity contribution < 1.29 is 9.59 Å². The molecule has 2 amide bonds. The van der Waals surface area contributed by atoms with Gasteiger partial charge in [0.15, 0.2) is 0 Å². The Bertz CT molecular complexity index is 868. The molecule has 2 fully saturated rings. The predicted octanol–water partition coefficient (Wildman–Crippen LogP) is 2.90. The van der Waals surface area contributed by atoms with Crippen molar-refractivity contribution in [3.63, 3.8) is 0 Å². The smallest absolute Gasteiger partial charge is 0.257 e. The van der Waals surface area contributed by atoms with Crippen LogP contribution in [-0.2, 0) is 11.3 Å². The number of pyridine rings is 1. The highest BCUT2D eigenvalue weighted by Crippen LogP contribution is 2.40. The van der Waals surface area contributed by atoms with Crippen molar-refractivity contribution >= 4 is 11.8 Å². The molecule has 2 aromatic rings. The zero-order chi connectivity index (χ0) is 20.4. The van der Waals surface area contributed by atoms with Crippen molar-refractivity contribution in [3.8, 4) is 0 Å². The Morgan fingerprint density at radius 1 is 1.21 bits per heavy atom. The summed E-state index contributed by atoms with van der Waals surface area (Å²) in [5.41, 5.74) is 1.69. The summed E-state index contributed by atoms with van der Waals surface area (Å²) in [4.78, 5) is 33.6. The van der Waals surface area contributed by atoms with Crippen LogP contribution < -0.4 is 0 Å². The van der Waals surface area contributed by atoms with Gasteiger partial charge in [0.1, 0.15) is 0 Å². The lowest BCUT2D eigenvalue weighted by Gasteiger charge is -2.47. The third-order valence-electron chi connectivity index (χ3n) is 6.32. The highest BCUT2D eigenvalue weighted by Gasteiger charge is 2.41. The molecule has 4 rings (SSSR count). The zero-order valence-corrected chi connectivity index (χ0v) is 17.3. The van der Waals surface area contributed by atoms with Crippen molar-refractivity contribution in [2.24, 2.45) is 5.41 Å². The number of piperidine rings is 2. The summed E-state index contributed by atoms with van der Waals surface area (Å²) in [5, 5.41) is 4.29. The summed E-state index contributed by atoms with van der Waals surface area (Å²) in [5.74, 6) is 0.268. The van der Waals surface area contributed by atoms with Gasteiger partial charge in [-0.05, 0) is 50.7 Å². The van der Waals surface area contributed by atoms with Crippen molar-refractivity contribution in [2.45, 2.75) is 52.1 Å². The maximum atomic E-state index is 12.9. The van der Waals surface area contributed by atoms with Crippen LogP contribution >= 0.6 is 0 Å². The summed E-state index contributed by atoms with van der Waals surface area (Å²) < 4.78 is 1.82. The number of carbonyl (C=O) groups excluding carboxylic acids is 2. The molecule has 0 aromatic carbocycles. The van der Waals surface area contributed by atoms with Crippen LogP contribution in [0, 0.1) is 5.41 Å². The van der Waals surface area contributed by atoms with Gasteiger partial charge in [0.2, 0.25) is 5.91 Å². The van der Waals surface area contributed by atoms with Gasteiger partial charge in [-0.1, -0.05) is 6.07 Å². The normalized spacial score (nSPS) is 19.2. The van der Waals surface area contributed by atoms with E-state index >= 15 is 0 Å². The molecule has 154 valence electrons. The second kappa shape index (κ2) is 7.97. The van der Waals surface area contributed by atoms with Crippen molar-refractivity contribution in [2.75, 3.05) is 19.6 Å². The number of rotatable bonds is 4. The monoisotopic (exact) mass is 395 g/mol. The predicted molar refractivity (Wildman–Crippen MR) is 109 cm³/mol. The number of hydrogen-bond donors (Lipinski definition) is 0. The molecule has 0 unspecified atom stereocenters. The lowest BCUT2D eigenvalue weighted by molar-refractivity contribution is -0.139. The van der Waals surface area contributed by atoms with Gasteiger partial charge in [-0.25, -0.2) is 0 Å². The second-order valence-electron chi connectivity index (χ2n) is 8.67. The van der Waals surface area contributed by atoms with Crippen LogP contribution in [0.15, 0.2) is 36.8 Å². The summed E-state index contributed by atoms with van der Waals surface area (Å²) >= 11 is 0. The van der Waals surface area contributed by atoms with Gasteiger partial charge in [-0.15, -0.1) is 0 Å². The lowest BCUT2D eigenvalue weighted by Crippen LogP contribution is -2.52. The second-order valence-corrected chi connectivity index (χ2v) is 8.67. The van der Waals surface area contributed by atoms with Crippen LogP contribution in [0.25, 0.3) is 0 Å². The van der Waals surface area contributed by atoms with Gasteiger partial charge in [-0.2, -0.15) is 5.10 Å². The molecule has 29 heavy (non-hydrogen) atoms. The molecular weight excluding hydrogens is 366 g/mol. The van der Waals surface area contributed by atoms with E-state index in [1.807, 2.05) is 52.7 Å². The van der Waals surface area contributed by atoms with Gasteiger partial charge in [0.05, 0.1) is 24.0 Å². The minimum atomic E-state index is 0.0592. The average Bonchev–Trinajstić information content (AvgIpc) is 3.23. The first-order chi connectivity index (χ1) is 14.0. The standard InChI is InChI=1S/C22H29N5O2/c1-17(2)27-14-18(13-24-27)21(29)25-11-8-22(9-12-25)7-6-20(28)26(16-22)15-19-5-3-4-10-23-19/h3-5,10,13-14,17H,6-9,11-12,15-16H2,1-2H3. The molecule has 2 aromatic heterocycles. The Morgan fingerprint density at radius 2 is 2.00 bits per heavy atom.